The molecule has 2 rings (SSSR count). The fourth-order valence-corrected chi connectivity index (χ4v) is 2.73. The molecule has 2 aliphatic rings. The molecule has 1 aliphatic heterocycles. The maximum Gasteiger partial charge on any atom is 0.237 e. The first-order valence-electron chi connectivity index (χ1n) is 6.26. The number of carbonyl (C=O) groups is 2. The van der Waals surface area contributed by atoms with E-state index in [1.54, 1.807) is 6.92 Å². The van der Waals surface area contributed by atoms with Crippen LogP contribution < -0.4 is 0 Å². The lowest BCUT2D eigenvalue weighted by Crippen LogP contribution is -2.45. The Bertz CT molecular complexity index is 318. The van der Waals surface area contributed by atoms with Crippen LogP contribution in [0, 0.1) is 0 Å². The zero-order valence-electron chi connectivity index (χ0n) is 10.2. The highest BCUT2D eigenvalue weighted by Gasteiger charge is 2.36. The van der Waals surface area contributed by atoms with E-state index in [-0.39, 0.29) is 23.7 Å². The van der Waals surface area contributed by atoms with Gasteiger partial charge < -0.3 is 9.80 Å². The number of alkyl halides is 1. The molecule has 4 nitrogen and oxygen atoms in total. The standard InChI is InChI=1S/C12H19ClN2O2/c1-9(16)15(10-4-5-10)8-11-3-2-6-14(11)12(17)7-13/h10-11H,2-8H2,1H3. The van der Waals surface area contributed by atoms with Gasteiger partial charge >= 0.3 is 0 Å². The van der Waals surface area contributed by atoms with Crippen LogP contribution in [-0.4, -0.2) is 52.7 Å². The Kier molecular flexibility index (Phi) is 3.92. The molecule has 0 spiro atoms. The van der Waals surface area contributed by atoms with Crippen molar-refractivity contribution in [3.05, 3.63) is 0 Å². The van der Waals surface area contributed by atoms with E-state index in [1.807, 2.05) is 9.80 Å². The van der Waals surface area contributed by atoms with Crippen molar-refractivity contribution in [1.82, 2.24) is 9.80 Å². The molecular weight excluding hydrogens is 240 g/mol. The maximum atomic E-state index is 11.7. The van der Waals surface area contributed by atoms with Crippen molar-refractivity contribution in [2.45, 2.75) is 44.7 Å². The third kappa shape index (κ3) is 2.92. The van der Waals surface area contributed by atoms with Gasteiger partial charge in [-0.25, -0.2) is 0 Å². The average molecular weight is 259 g/mol. The molecule has 2 fully saturated rings. The number of carbonyl (C=O) groups excluding carboxylic acids is 2. The Morgan fingerprint density at radius 3 is 2.59 bits per heavy atom. The van der Waals surface area contributed by atoms with Crippen LogP contribution in [0.1, 0.15) is 32.6 Å². The Labute approximate surface area is 107 Å². The largest absolute Gasteiger partial charge is 0.338 e. The first kappa shape index (κ1) is 12.7. The SMILES string of the molecule is CC(=O)N(CC1CCCN1C(=O)CCl)C1CC1. The third-order valence-electron chi connectivity index (χ3n) is 3.61. The Hall–Kier alpha value is -0.770. The van der Waals surface area contributed by atoms with Crippen LogP contribution >= 0.6 is 11.6 Å². The quantitative estimate of drug-likeness (QED) is 0.712. The van der Waals surface area contributed by atoms with E-state index in [1.165, 1.54) is 0 Å². The molecule has 0 aromatic carbocycles. The van der Waals surface area contributed by atoms with Gasteiger partial charge in [0.1, 0.15) is 5.88 Å². The maximum absolute atomic E-state index is 11.7. The Morgan fingerprint density at radius 2 is 2.06 bits per heavy atom. The molecule has 1 aliphatic carbocycles. The van der Waals surface area contributed by atoms with E-state index in [4.69, 9.17) is 11.6 Å². The molecule has 0 N–H and O–H groups in total. The van der Waals surface area contributed by atoms with Crippen LogP contribution in [-0.2, 0) is 9.59 Å². The lowest BCUT2D eigenvalue weighted by atomic mass is 10.2. The smallest absolute Gasteiger partial charge is 0.237 e. The fourth-order valence-electron chi connectivity index (χ4n) is 2.58. The predicted octanol–water partition coefficient (Wildman–Crippen LogP) is 1.23. The number of halogens is 1. The summed E-state index contributed by atoms with van der Waals surface area (Å²) in [6.45, 7) is 3.08. The summed E-state index contributed by atoms with van der Waals surface area (Å²) in [5.41, 5.74) is 0. The van der Waals surface area contributed by atoms with E-state index in [0.717, 1.165) is 32.2 Å². The number of amides is 2. The Morgan fingerprint density at radius 1 is 1.35 bits per heavy atom. The molecule has 0 aromatic rings. The first-order valence-corrected chi connectivity index (χ1v) is 6.79. The second-order valence-electron chi connectivity index (χ2n) is 4.92. The van der Waals surface area contributed by atoms with Crippen LogP contribution in [0.2, 0.25) is 0 Å². The average Bonchev–Trinajstić information content (AvgIpc) is 3.03. The van der Waals surface area contributed by atoms with Crippen molar-refractivity contribution in [2.75, 3.05) is 19.0 Å². The molecule has 1 unspecified atom stereocenters. The summed E-state index contributed by atoms with van der Waals surface area (Å²) in [5.74, 6) is 0.158. The minimum absolute atomic E-state index is 0.00605. The summed E-state index contributed by atoms with van der Waals surface area (Å²) in [6, 6.07) is 0.590. The number of hydrogen-bond acceptors (Lipinski definition) is 2. The van der Waals surface area contributed by atoms with Gasteiger partial charge in [-0.2, -0.15) is 0 Å². The zero-order chi connectivity index (χ0) is 12.4. The monoisotopic (exact) mass is 258 g/mol. The van der Waals surface area contributed by atoms with E-state index >= 15 is 0 Å². The molecule has 0 aromatic heterocycles. The van der Waals surface area contributed by atoms with Gasteiger partial charge in [0.15, 0.2) is 0 Å². The van der Waals surface area contributed by atoms with Gasteiger partial charge in [-0.15, -0.1) is 11.6 Å². The second-order valence-corrected chi connectivity index (χ2v) is 5.19. The normalized spacial score (nSPS) is 23.9. The number of rotatable bonds is 4. The van der Waals surface area contributed by atoms with E-state index in [2.05, 4.69) is 0 Å². The molecule has 96 valence electrons. The summed E-state index contributed by atoms with van der Waals surface area (Å²) >= 11 is 5.60. The number of nitrogens with zero attached hydrogens (tertiary/aromatic N) is 2. The molecule has 2 amide bonds. The summed E-state index contributed by atoms with van der Waals surface area (Å²) in [5, 5.41) is 0. The summed E-state index contributed by atoms with van der Waals surface area (Å²) in [7, 11) is 0. The van der Waals surface area contributed by atoms with Crippen molar-refractivity contribution in [1.29, 1.82) is 0 Å². The fraction of sp³-hybridized carbons (Fsp3) is 0.833. The van der Waals surface area contributed by atoms with Crippen molar-refractivity contribution in [3.63, 3.8) is 0 Å². The molecule has 1 saturated carbocycles. The molecular formula is C12H19ClN2O2. The molecule has 1 atom stereocenters. The van der Waals surface area contributed by atoms with Crippen molar-refractivity contribution in [2.24, 2.45) is 0 Å². The highest BCUT2D eigenvalue weighted by Crippen LogP contribution is 2.29. The van der Waals surface area contributed by atoms with Crippen molar-refractivity contribution >= 4 is 23.4 Å². The van der Waals surface area contributed by atoms with Crippen LogP contribution in [0.5, 0.6) is 0 Å². The highest BCUT2D eigenvalue weighted by atomic mass is 35.5. The topological polar surface area (TPSA) is 40.6 Å². The predicted molar refractivity (Wildman–Crippen MR) is 65.9 cm³/mol. The minimum Gasteiger partial charge on any atom is -0.338 e. The number of likely N-dealkylation sites (tertiary alicyclic amines) is 1. The second kappa shape index (κ2) is 5.25. The zero-order valence-corrected chi connectivity index (χ0v) is 10.9. The van der Waals surface area contributed by atoms with E-state index in [9.17, 15) is 9.59 Å². The van der Waals surface area contributed by atoms with Gasteiger partial charge in [0.2, 0.25) is 11.8 Å². The summed E-state index contributed by atoms with van der Waals surface area (Å²) in [6.07, 6.45) is 4.22. The van der Waals surface area contributed by atoms with Gasteiger partial charge in [-0.1, -0.05) is 0 Å². The third-order valence-corrected chi connectivity index (χ3v) is 3.84. The number of hydrogen-bond donors (Lipinski definition) is 0. The van der Waals surface area contributed by atoms with Gasteiger partial charge in [-0.3, -0.25) is 9.59 Å². The summed E-state index contributed by atoms with van der Waals surface area (Å²) < 4.78 is 0. The minimum atomic E-state index is -0.00605. The van der Waals surface area contributed by atoms with Gasteiger partial charge in [-0.05, 0) is 25.7 Å². The molecule has 1 saturated heterocycles. The molecule has 0 radical (unpaired) electrons. The molecule has 5 heteroatoms. The Balaban J connectivity index is 1.96. The van der Waals surface area contributed by atoms with Gasteiger partial charge in [0.25, 0.3) is 0 Å². The van der Waals surface area contributed by atoms with Crippen LogP contribution in [0.3, 0.4) is 0 Å². The first-order chi connectivity index (χ1) is 8.13. The molecule has 0 bridgehead atoms. The van der Waals surface area contributed by atoms with Crippen LogP contribution in [0.4, 0.5) is 0 Å². The van der Waals surface area contributed by atoms with Gasteiger partial charge in [0, 0.05) is 32.1 Å². The molecule has 17 heavy (non-hydrogen) atoms. The van der Waals surface area contributed by atoms with Crippen LogP contribution in [0.15, 0.2) is 0 Å². The van der Waals surface area contributed by atoms with Crippen LogP contribution in [0.25, 0.3) is 0 Å². The van der Waals surface area contributed by atoms with Gasteiger partial charge in [0.05, 0.1) is 0 Å². The molecule has 1 heterocycles. The highest BCUT2D eigenvalue weighted by molar-refractivity contribution is 6.27. The van der Waals surface area contributed by atoms with E-state index < -0.39 is 0 Å². The lowest BCUT2D eigenvalue weighted by molar-refractivity contribution is -0.134. The van der Waals surface area contributed by atoms with E-state index in [0.29, 0.717) is 12.6 Å². The lowest BCUT2D eigenvalue weighted by Gasteiger charge is -2.30. The van der Waals surface area contributed by atoms with Crippen molar-refractivity contribution in [3.8, 4) is 0 Å². The van der Waals surface area contributed by atoms with Crippen molar-refractivity contribution < 1.29 is 9.59 Å². The summed E-state index contributed by atoms with van der Waals surface area (Å²) in [4.78, 5) is 27.0.